The molecular weight excluding hydrogens is 151 g/mol. The van der Waals surface area contributed by atoms with Crippen molar-refractivity contribution in [3.63, 3.8) is 0 Å². The monoisotopic (exact) mass is 162 g/mol. The molecule has 1 aromatic carbocycles. The number of benzene rings is 1. The first-order valence-electron chi connectivity index (χ1n) is 3.72. The molecule has 0 fully saturated rings. The molecule has 0 heterocycles. The predicted molar refractivity (Wildman–Crippen MR) is 51.3 cm³/mol. The molecule has 0 atom stereocenters. The number of halogens is 1. The van der Waals surface area contributed by atoms with E-state index in [1.54, 1.807) is 12.1 Å². The third-order valence-electron chi connectivity index (χ3n) is 1.68. The summed E-state index contributed by atoms with van der Waals surface area (Å²) in [6.45, 7) is 8.87. The van der Waals surface area contributed by atoms with Crippen LogP contribution in [0.4, 0.5) is 4.39 Å². The van der Waals surface area contributed by atoms with Crippen molar-refractivity contribution in [2.45, 2.75) is 6.92 Å². The van der Waals surface area contributed by atoms with Crippen LogP contribution in [0.1, 0.15) is 18.1 Å². The van der Waals surface area contributed by atoms with Gasteiger partial charge in [0, 0.05) is 5.56 Å². The van der Waals surface area contributed by atoms with Gasteiger partial charge in [-0.15, -0.1) is 0 Å². The van der Waals surface area contributed by atoms with Crippen molar-refractivity contribution in [2.24, 2.45) is 0 Å². The van der Waals surface area contributed by atoms with Crippen LogP contribution in [0.3, 0.4) is 0 Å². The Kier molecular flexibility index (Phi) is 2.44. The zero-order valence-electron chi connectivity index (χ0n) is 7.10. The van der Waals surface area contributed by atoms with Crippen molar-refractivity contribution in [1.82, 2.24) is 0 Å². The molecule has 0 aliphatic rings. The smallest absolute Gasteiger partial charge is 0.123 e. The Morgan fingerprint density at radius 3 is 2.00 bits per heavy atom. The van der Waals surface area contributed by atoms with Gasteiger partial charge in [-0.1, -0.05) is 43.0 Å². The van der Waals surface area contributed by atoms with Gasteiger partial charge >= 0.3 is 0 Å². The SMILES string of the molecule is C=C(C)c1ccccc1C(=C)F. The van der Waals surface area contributed by atoms with Gasteiger partial charge in [-0.05, 0) is 12.5 Å². The summed E-state index contributed by atoms with van der Waals surface area (Å²) in [5, 5.41) is 0. The maximum Gasteiger partial charge on any atom is 0.123 e. The van der Waals surface area contributed by atoms with E-state index in [1.165, 1.54) is 0 Å². The topological polar surface area (TPSA) is 0 Å². The number of allylic oxidation sites excluding steroid dienone is 1. The summed E-state index contributed by atoms with van der Waals surface area (Å²) in [5.41, 5.74) is 2.21. The highest BCUT2D eigenvalue weighted by Crippen LogP contribution is 2.23. The summed E-state index contributed by atoms with van der Waals surface area (Å²) in [7, 11) is 0. The summed E-state index contributed by atoms with van der Waals surface area (Å²) < 4.78 is 12.8. The first kappa shape index (κ1) is 8.72. The Hall–Kier alpha value is -1.37. The summed E-state index contributed by atoms with van der Waals surface area (Å²) >= 11 is 0. The van der Waals surface area contributed by atoms with Crippen LogP contribution in [0.2, 0.25) is 0 Å². The van der Waals surface area contributed by atoms with Crippen molar-refractivity contribution >= 4 is 11.4 Å². The highest BCUT2D eigenvalue weighted by atomic mass is 19.1. The Bertz CT molecular complexity index is 291. The Morgan fingerprint density at radius 2 is 1.67 bits per heavy atom. The van der Waals surface area contributed by atoms with E-state index in [2.05, 4.69) is 13.2 Å². The van der Waals surface area contributed by atoms with E-state index >= 15 is 0 Å². The molecule has 0 unspecified atom stereocenters. The average Bonchev–Trinajstić information content (AvgIpc) is 2.04. The molecule has 1 heteroatoms. The van der Waals surface area contributed by atoms with Crippen LogP contribution < -0.4 is 0 Å². The van der Waals surface area contributed by atoms with E-state index < -0.39 is 5.83 Å². The average molecular weight is 162 g/mol. The maximum atomic E-state index is 12.8. The Labute approximate surface area is 72.0 Å². The molecule has 0 aliphatic heterocycles. The summed E-state index contributed by atoms with van der Waals surface area (Å²) in [5.74, 6) is -0.409. The quantitative estimate of drug-likeness (QED) is 0.622. The minimum absolute atomic E-state index is 0.409. The van der Waals surface area contributed by atoms with E-state index in [0.29, 0.717) is 5.56 Å². The highest BCUT2D eigenvalue weighted by molar-refractivity contribution is 5.74. The largest absolute Gasteiger partial charge is 0.207 e. The molecule has 0 aliphatic carbocycles. The molecule has 0 aromatic heterocycles. The van der Waals surface area contributed by atoms with Crippen LogP contribution in [-0.4, -0.2) is 0 Å². The van der Waals surface area contributed by atoms with Gasteiger partial charge < -0.3 is 0 Å². The van der Waals surface area contributed by atoms with Crippen LogP contribution in [0.25, 0.3) is 11.4 Å². The van der Waals surface area contributed by atoms with Gasteiger partial charge in [0.15, 0.2) is 0 Å². The van der Waals surface area contributed by atoms with Gasteiger partial charge in [-0.3, -0.25) is 0 Å². The lowest BCUT2D eigenvalue weighted by atomic mass is 10.0. The van der Waals surface area contributed by atoms with Crippen LogP contribution in [0.5, 0.6) is 0 Å². The standard InChI is InChI=1S/C11H11F/c1-8(2)10-6-4-5-7-11(10)9(3)12/h4-7H,1,3H2,2H3. The highest BCUT2D eigenvalue weighted by Gasteiger charge is 2.03. The van der Waals surface area contributed by atoms with E-state index in [9.17, 15) is 4.39 Å². The molecule has 0 bridgehead atoms. The second-order valence-electron chi connectivity index (χ2n) is 2.73. The van der Waals surface area contributed by atoms with Gasteiger partial charge in [-0.2, -0.15) is 0 Å². The summed E-state index contributed by atoms with van der Waals surface area (Å²) in [4.78, 5) is 0. The zero-order valence-corrected chi connectivity index (χ0v) is 7.10. The molecule has 0 radical (unpaired) electrons. The fraction of sp³-hybridized carbons (Fsp3) is 0.0909. The molecule has 1 rings (SSSR count). The van der Waals surface area contributed by atoms with Crippen molar-refractivity contribution in [1.29, 1.82) is 0 Å². The van der Waals surface area contributed by atoms with E-state index in [-0.39, 0.29) is 0 Å². The number of hydrogen-bond acceptors (Lipinski definition) is 0. The second-order valence-corrected chi connectivity index (χ2v) is 2.73. The van der Waals surface area contributed by atoms with E-state index in [0.717, 1.165) is 11.1 Å². The van der Waals surface area contributed by atoms with Crippen molar-refractivity contribution < 1.29 is 4.39 Å². The normalized spacial score (nSPS) is 9.50. The fourth-order valence-corrected chi connectivity index (χ4v) is 1.09. The number of rotatable bonds is 2. The molecule has 12 heavy (non-hydrogen) atoms. The Balaban J connectivity index is 3.27. The molecule has 0 spiro atoms. The lowest BCUT2D eigenvalue weighted by Crippen LogP contribution is -1.85. The van der Waals surface area contributed by atoms with Gasteiger partial charge in [0.1, 0.15) is 5.83 Å². The molecule has 0 N–H and O–H groups in total. The maximum absolute atomic E-state index is 12.8. The minimum Gasteiger partial charge on any atom is -0.207 e. The van der Waals surface area contributed by atoms with Gasteiger partial charge in [0.2, 0.25) is 0 Å². The molecule has 0 saturated heterocycles. The van der Waals surface area contributed by atoms with Gasteiger partial charge in [0.25, 0.3) is 0 Å². The van der Waals surface area contributed by atoms with E-state index in [1.807, 2.05) is 19.1 Å². The van der Waals surface area contributed by atoms with Gasteiger partial charge in [0.05, 0.1) is 0 Å². The molecule has 62 valence electrons. The first-order chi connectivity index (χ1) is 5.63. The lowest BCUT2D eigenvalue weighted by molar-refractivity contribution is 0.763. The zero-order chi connectivity index (χ0) is 9.14. The fourth-order valence-electron chi connectivity index (χ4n) is 1.09. The van der Waals surface area contributed by atoms with Gasteiger partial charge in [-0.25, -0.2) is 4.39 Å². The van der Waals surface area contributed by atoms with E-state index in [4.69, 9.17) is 0 Å². The van der Waals surface area contributed by atoms with Crippen molar-refractivity contribution in [3.8, 4) is 0 Å². The molecule has 0 amide bonds. The van der Waals surface area contributed by atoms with Crippen LogP contribution >= 0.6 is 0 Å². The van der Waals surface area contributed by atoms with Crippen LogP contribution in [0.15, 0.2) is 37.4 Å². The predicted octanol–water partition coefficient (Wildman–Crippen LogP) is 3.66. The Morgan fingerprint density at radius 1 is 1.17 bits per heavy atom. The number of hydrogen-bond donors (Lipinski definition) is 0. The van der Waals surface area contributed by atoms with Crippen LogP contribution in [0, 0.1) is 0 Å². The lowest BCUT2D eigenvalue weighted by Gasteiger charge is -2.05. The first-order valence-corrected chi connectivity index (χ1v) is 3.72. The van der Waals surface area contributed by atoms with Crippen LogP contribution in [-0.2, 0) is 0 Å². The summed E-state index contributed by atoms with van der Waals surface area (Å²) in [6, 6.07) is 7.18. The second kappa shape index (κ2) is 3.35. The third-order valence-corrected chi connectivity index (χ3v) is 1.68. The summed E-state index contributed by atoms with van der Waals surface area (Å²) in [6.07, 6.45) is 0. The van der Waals surface area contributed by atoms with Crippen molar-refractivity contribution in [3.05, 3.63) is 48.6 Å². The minimum atomic E-state index is -0.409. The third kappa shape index (κ3) is 1.62. The van der Waals surface area contributed by atoms with Crippen molar-refractivity contribution in [2.75, 3.05) is 0 Å². The molecule has 0 nitrogen and oxygen atoms in total. The molecule has 0 saturated carbocycles. The molecule has 1 aromatic rings. The molecular formula is C11H11F.